The van der Waals surface area contributed by atoms with E-state index in [1.807, 2.05) is 0 Å². The van der Waals surface area contributed by atoms with Gasteiger partial charge < -0.3 is 24.5 Å². The SMILES string of the molecule is Nc1ncnc2c1ncn2CC(CO)CP1(=O)OCC[C@@H](c2cc(Cl)cc(Cl)c2)O1. The fraction of sp³-hybridized carbons (Fsp3) is 0.389. The third-order valence-electron chi connectivity index (χ3n) is 4.84. The lowest BCUT2D eigenvalue weighted by Gasteiger charge is -2.32. The average Bonchev–Trinajstić information content (AvgIpc) is 3.11. The van der Waals surface area contributed by atoms with Crippen molar-refractivity contribution in [2.45, 2.75) is 19.1 Å². The molecule has 4 rings (SSSR count). The summed E-state index contributed by atoms with van der Waals surface area (Å²) in [5, 5.41) is 10.8. The normalized spacial score (nSPS) is 23.0. The van der Waals surface area contributed by atoms with Gasteiger partial charge in [-0.3, -0.25) is 4.57 Å². The second-order valence-corrected chi connectivity index (χ2v) is 10.0. The first-order chi connectivity index (χ1) is 14.4. The molecular weight excluding hydrogens is 452 g/mol. The highest BCUT2D eigenvalue weighted by Crippen LogP contribution is 2.57. The van der Waals surface area contributed by atoms with Crippen molar-refractivity contribution in [1.29, 1.82) is 0 Å². The summed E-state index contributed by atoms with van der Waals surface area (Å²) >= 11 is 12.2. The molecule has 3 atom stereocenters. The molecule has 12 heteroatoms. The van der Waals surface area contributed by atoms with Crippen molar-refractivity contribution in [2.24, 2.45) is 5.92 Å². The van der Waals surface area contributed by atoms with Gasteiger partial charge in [-0.2, -0.15) is 0 Å². The number of hydrogen-bond donors (Lipinski definition) is 2. The number of nitrogens with two attached hydrogens (primary N) is 1. The van der Waals surface area contributed by atoms with E-state index in [2.05, 4.69) is 15.0 Å². The maximum Gasteiger partial charge on any atom is 0.331 e. The molecule has 3 aromatic rings. The molecule has 160 valence electrons. The maximum atomic E-state index is 13.3. The summed E-state index contributed by atoms with van der Waals surface area (Å²) in [5.41, 5.74) is 7.57. The van der Waals surface area contributed by atoms with E-state index in [0.29, 0.717) is 34.2 Å². The summed E-state index contributed by atoms with van der Waals surface area (Å²) in [6.45, 7) is 0.362. The van der Waals surface area contributed by atoms with Gasteiger partial charge in [0.15, 0.2) is 11.5 Å². The van der Waals surface area contributed by atoms with Crippen molar-refractivity contribution in [2.75, 3.05) is 25.1 Å². The number of anilines is 1. The van der Waals surface area contributed by atoms with Crippen molar-refractivity contribution >= 4 is 47.8 Å². The zero-order valence-electron chi connectivity index (χ0n) is 15.8. The van der Waals surface area contributed by atoms with E-state index in [0.717, 1.165) is 5.56 Å². The maximum absolute atomic E-state index is 13.3. The molecule has 0 aliphatic carbocycles. The molecule has 2 aromatic heterocycles. The first-order valence-corrected chi connectivity index (χ1v) is 11.8. The predicted octanol–water partition coefficient (Wildman–Crippen LogP) is 3.70. The zero-order chi connectivity index (χ0) is 21.3. The number of imidazole rings is 1. The number of aromatic nitrogens is 4. The lowest BCUT2D eigenvalue weighted by atomic mass is 10.1. The molecule has 1 aliphatic rings. The summed E-state index contributed by atoms with van der Waals surface area (Å²) in [4.78, 5) is 12.3. The van der Waals surface area contributed by atoms with E-state index < -0.39 is 19.6 Å². The van der Waals surface area contributed by atoms with Crippen LogP contribution in [0, 0.1) is 5.92 Å². The second-order valence-electron chi connectivity index (χ2n) is 7.09. The molecule has 0 radical (unpaired) electrons. The Morgan fingerprint density at radius 3 is 2.77 bits per heavy atom. The van der Waals surface area contributed by atoms with Crippen LogP contribution < -0.4 is 5.73 Å². The van der Waals surface area contributed by atoms with Gasteiger partial charge in [0.1, 0.15) is 11.8 Å². The lowest BCUT2D eigenvalue weighted by molar-refractivity contribution is 0.0770. The summed E-state index contributed by atoms with van der Waals surface area (Å²) < 4.78 is 26.4. The molecule has 0 amide bonds. The number of hydrogen-bond acceptors (Lipinski definition) is 8. The minimum absolute atomic E-state index is 0.0362. The third-order valence-corrected chi connectivity index (χ3v) is 7.39. The van der Waals surface area contributed by atoms with Gasteiger partial charge in [0, 0.05) is 35.5 Å². The largest absolute Gasteiger partial charge is 0.396 e. The molecule has 1 saturated heterocycles. The van der Waals surface area contributed by atoms with Gasteiger partial charge in [0.2, 0.25) is 0 Å². The first-order valence-electron chi connectivity index (χ1n) is 9.27. The monoisotopic (exact) mass is 471 g/mol. The number of aliphatic hydroxyl groups is 1. The Bertz CT molecular complexity index is 1090. The minimum Gasteiger partial charge on any atom is -0.396 e. The van der Waals surface area contributed by atoms with Crippen molar-refractivity contribution in [3.05, 3.63) is 46.5 Å². The fourth-order valence-corrected chi connectivity index (χ4v) is 6.12. The van der Waals surface area contributed by atoms with Crippen molar-refractivity contribution in [3.63, 3.8) is 0 Å². The van der Waals surface area contributed by atoms with Crippen LogP contribution in [0.4, 0.5) is 5.82 Å². The minimum atomic E-state index is -3.46. The van der Waals surface area contributed by atoms with Crippen LogP contribution in [-0.4, -0.2) is 44.0 Å². The van der Waals surface area contributed by atoms with Gasteiger partial charge in [-0.25, -0.2) is 15.0 Å². The molecule has 1 fully saturated rings. The van der Waals surface area contributed by atoms with Gasteiger partial charge in [-0.15, -0.1) is 0 Å². The Kier molecular flexibility index (Phi) is 6.29. The number of halogens is 2. The Labute approximate surface area is 182 Å². The van der Waals surface area contributed by atoms with Gasteiger partial charge in [0.25, 0.3) is 0 Å². The zero-order valence-corrected chi connectivity index (χ0v) is 18.2. The molecule has 2 unspecified atom stereocenters. The third kappa shape index (κ3) is 4.61. The topological polar surface area (TPSA) is 125 Å². The van der Waals surface area contributed by atoms with Gasteiger partial charge in [-0.05, 0) is 23.8 Å². The predicted molar refractivity (Wildman–Crippen MR) is 114 cm³/mol. The van der Waals surface area contributed by atoms with Crippen LogP contribution in [0.15, 0.2) is 30.9 Å². The number of benzene rings is 1. The molecule has 0 bridgehead atoms. The standard InChI is InChI=1S/C18H20Cl2N5O4P/c19-13-3-12(4-14(20)5-13)15-1-2-28-30(27,29-15)8-11(7-26)6-25-10-24-16-17(21)22-9-23-18(16)25/h3-5,9-11,15,26H,1-2,6-8H2,(H2,21,22,23)/t11?,15-,30?/m0/s1. The van der Waals surface area contributed by atoms with Crippen molar-refractivity contribution < 1.29 is 18.7 Å². The van der Waals surface area contributed by atoms with Crippen molar-refractivity contribution in [1.82, 2.24) is 19.5 Å². The van der Waals surface area contributed by atoms with Crippen LogP contribution in [0.5, 0.6) is 0 Å². The highest BCUT2D eigenvalue weighted by Gasteiger charge is 2.37. The summed E-state index contributed by atoms with van der Waals surface area (Å²) in [5.74, 6) is -0.139. The number of aliphatic hydroxyl groups excluding tert-OH is 1. The molecule has 0 spiro atoms. The quantitative estimate of drug-likeness (QED) is 0.521. The first kappa shape index (κ1) is 21.5. The number of fused-ring (bicyclic) bond motifs is 1. The molecule has 1 aromatic carbocycles. The van der Waals surface area contributed by atoms with E-state index in [1.54, 1.807) is 29.1 Å². The number of nitrogen functional groups attached to an aromatic ring is 1. The Balaban J connectivity index is 1.50. The highest BCUT2D eigenvalue weighted by atomic mass is 35.5. The molecule has 3 heterocycles. The van der Waals surface area contributed by atoms with Gasteiger partial charge in [-0.1, -0.05) is 23.2 Å². The summed E-state index contributed by atoms with van der Waals surface area (Å²) in [7, 11) is -3.46. The fourth-order valence-electron chi connectivity index (χ4n) is 3.46. The number of nitrogens with zero attached hydrogens (tertiary/aromatic N) is 4. The molecular formula is C18H20Cl2N5O4P. The van der Waals surface area contributed by atoms with Crippen LogP contribution in [0.2, 0.25) is 10.0 Å². The van der Waals surface area contributed by atoms with E-state index >= 15 is 0 Å². The lowest BCUT2D eigenvalue weighted by Crippen LogP contribution is -2.23. The van der Waals surface area contributed by atoms with Crippen LogP contribution in [-0.2, 0) is 20.2 Å². The van der Waals surface area contributed by atoms with E-state index in [1.165, 1.54) is 6.33 Å². The molecule has 1 aliphatic heterocycles. The molecule has 9 nitrogen and oxygen atoms in total. The second kappa shape index (κ2) is 8.78. The van der Waals surface area contributed by atoms with Crippen molar-refractivity contribution in [3.8, 4) is 0 Å². The Morgan fingerprint density at radius 1 is 1.27 bits per heavy atom. The van der Waals surface area contributed by atoms with Gasteiger partial charge in [0.05, 0.1) is 25.2 Å². The highest BCUT2D eigenvalue weighted by molar-refractivity contribution is 7.53. The van der Waals surface area contributed by atoms with E-state index in [-0.39, 0.29) is 25.2 Å². The van der Waals surface area contributed by atoms with Crippen LogP contribution in [0.25, 0.3) is 11.2 Å². The molecule has 3 N–H and O–H groups in total. The van der Waals surface area contributed by atoms with Crippen LogP contribution in [0.3, 0.4) is 0 Å². The van der Waals surface area contributed by atoms with Crippen LogP contribution in [0.1, 0.15) is 18.1 Å². The summed E-state index contributed by atoms with van der Waals surface area (Å²) in [6, 6.07) is 5.09. The van der Waals surface area contributed by atoms with Gasteiger partial charge >= 0.3 is 7.60 Å². The molecule has 0 saturated carbocycles. The number of rotatable bonds is 6. The van der Waals surface area contributed by atoms with E-state index in [9.17, 15) is 9.67 Å². The Hall–Kier alpha value is -1.74. The Morgan fingerprint density at radius 2 is 2.03 bits per heavy atom. The molecule has 30 heavy (non-hydrogen) atoms. The smallest absolute Gasteiger partial charge is 0.331 e. The van der Waals surface area contributed by atoms with Crippen LogP contribution >= 0.6 is 30.8 Å². The van der Waals surface area contributed by atoms with E-state index in [4.69, 9.17) is 38.0 Å². The summed E-state index contributed by atoms with van der Waals surface area (Å²) in [6.07, 6.45) is 3.01. The average molecular weight is 472 g/mol.